The van der Waals surface area contributed by atoms with Crippen molar-refractivity contribution in [3.63, 3.8) is 0 Å². The number of rotatable bonds is 5. The van der Waals surface area contributed by atoms with Crippen LogP contribution in [0.2, 0.25) is 0 Å². The van der Waals surface area contributed by atoms with Gasteiger partial charge in [0.25, 0.3) is 11.8 Å². The standard InChI is InChI=1S/C19H16F7N5O3/c20-13(21)15-30-29-14(34-15)8-5-9-11(27-6-8)7-31(16(9)32)12-4-2-1-3-10(12)28-17(33)18(22,23)19(24,25)26/h5-6,10,12-13H,1-4,7H2,(H,28,33)/t10-,12-/m1/s1. The van der Waals surface area contributed by atoms with Crippen molar-refractivity contribution in [2.75, 3.05) is 0 Å². The summed E-state index contributed by atoms with van der Waals surface area (Å²) in [5, 5.41) is 8.44. The van der Waals surface area contributed by atoms with Gasteiger partial charge in [-0.3, -0.25) is 14.6 Å². The third-order valence-electron chi connectivity index (χ3n) is 5.74. The Hall–Kier alpha value is -3.26. The number of amides is 2. The van der Waals surface area contributed by atoms with Crippen LogP contribution < -0.4 is 5.32 Å². The largest absolute Gasteiger partial charge is 0.463 e. The molecule has 184 valence electrons. The highest BCUT2D eigenvalue weighted by molar-refractivity contribution is 5.99. The first-order chi connectivity index (χ1) is 15.9. The summed E-state index contributed by atoms with van der Waals surface area (Å²) >= 11 is 0. The third kappa shape index (κ3) is 4.18. The number of hydrogen-bond donors (Lipinski definition) is 1. The first kappa shape index (κ1) is 23.9. The molecule has 0 bridgehead atoms. The second-order valence-corrected chi connectivity index (χ2v) is 7.90. The Bertz CT molecular complexity index is 1100. The maximum Gasteiger partial charge on any atom is 0.463 e. The van der Waals surface area contributed by atoms with E-state index in [0.29, 0.717) is 12.8 Å². The van der Waals surface area contributed by atoms with E-state index in [4.69, 9.17) is 4.42 Å². The smallest absolute Gasteiger partial charge is 0.415 e. The Morgan fingerprint density at radius 2 is 1.85 bits per heavy atom. The molecule has 8 nitrogen and oxygen atoms in total. The van der Waals surface area contributed by atoms with E-state index in [-0.39, 0.29) is 42.1 Å². The summed E-state index contributed by atoms with van der Waals surface area (Å²) in [6.45, 7) is -0.0761. The number of carbonyl (C=O) groups excluding carboxylic acids is 2. The van der Waals surface area contributed by atoms with Gasteiger partial charge < -0.3 is 14.6 Å². The van der Waals surface area contributed by atoms with Gasteiger partial charge in [-0.1, -0.05) is 12.8 Å². The van der Waals surface area contributed by atoms with Crippen molar-refractivity contribution >= 4 is 11.8 Å². The zero-order valence-corrected chi connectivity index (χ0v) is 17.1. The molecule has 15 heteroatoms. The molecule has 0 unspecified atom stereocenters. The Morgan fingerprint density at radius 3 is 2.50 bits per heavy atom. The molecule has 0 saturated heterocycles. The van der Waals surface area contributed by atoms with Gasteiger partial charge in [0.05, 0.1) is 29.4 Å². The van der Waals surface area contributed by atoms with Crippen LogP contribution in [0.15, 0.2) is 16.7 Å². The number of carbonyl (C=O) groups is 2. The molecule has 4 rings (SSSR count). The number of nitrogens with one attached hydrogen (secondary N) is 1. The average molecular weight is 495 g/mol. The van der Waals surface area contributed by atoms with Gasteiger partial charge in [-0.25, -0.2) is 0 Å². The van der Waals surface area contributed by atoms with E-state index < -0.39 is 48.3 Å². The van der Waals surface area contributed by atoms with Crippen molar-refractivity contribution in [2.45, 2.75) is 62.8 Å². The molecule has 2 aliphatic rings. The fraction of sp³-hybridized carbons (Fsp3) is 0.526. The fourth-order valence-electron chi connectivity index (χ4n) is 4.06. The second-order valence-electron chi connectivity index (χ2n) is 7.90. The Labute approximate surface area is 186 Å². The molecule has 2 aromatic rings. The minimum Gasteiger partial charge on any atom is -0.415 e. The molecule has 2 atom stereocenters. The molecule has 0 aromatic carbocycles. The quantitative estimate of drug-likeness (QED) is 0.636. The number of alkyl halides is 7. The number of pyridine rings is 1. The number of nitrogens with zero attached hydrogens (tertiary/aromatic N) is 4. The number of halogens is 7. The molecule has 34 heavy (non-hydrogen) atoms. The van der Waals surface area contributed by atoms with E-state index in [2.05, 4.69) is 15.2 Å². The minimum absolute atomic E-state index is 0.0607. The SMILES string of the molecule is O=C1c2cc(-c3nnc(C(F)F)o3)cnc2CN1[C@@H]1CCCC[C@H]1NC(=O)C(F)(F)C(F)(F)F. The molecule has 1 aliphatic carbocycles. The van der Waals surface area contributed by atoms with Crippen molar-refractivity contribution in [3.8, 4) is 11.5 Å². The van der Waals surface area contributed by atoms with E-state index in [9.17, 15) is 40.3 Å². The summed E-state index contributed by atoms with van der Waals surface area (Å²) in [6.07, 6.45) is -6.45. The number of fused-ring (bicyclic) bond motifs is 1. The van der Waals surface area contributed by atoms with Crippen molar-refractivity contribution in [2.24, 2.45) is 0 Å². The monoisotopic (exact) mass is 495 g/mol. The van der Waals surface area contributed by atoms with E-state index >= 15 is 0 Å². The summed E-state index contributed by atoms with van der Waals surface area (Å²) in [4.78, 5) is 30.1. The van der Waals surface area contributed by atoms with Crippen LogP contribution in [0, 0.1) is 0 Å². The molecular weight excluding hydrogens is 479 g/mol. The summed E-state index contributed by atoms with van der Waals surface area (Å²) in [5.41, 5.74) is 0.427. The highest BCUT2D eigenvalue weighted by Crippen LogP contribution is 2.37. The molecule has 1 aliphatic heterocycles. The van der Waals surface area contributed by atoms with Gasteiger partial charge in [0, 0.05) is 12.2 Å². The zero-order chi connectivity index (χ0) is 24.8. The van der Waals surface area contributed by atoms with E-state index in [1.54, 1.807) is 5.32 Å². The predicted octanol–water partition coefficient (Wildman–Crippen LogP) is 3.65. The lowest BCUT2D eigenvalue weighted by atomic mass is 9.89. The van der Waals surface area contributed by atoms with Crippen LogP contribution in [0.1, 0.15) is 54.1 Å². The lowest BCUT2D eigenvalue weighted by Crippen LogP contribution is -2.59. The minimum atomic E-state index is -6.06. The molecule has 2 aromatic heterocycles. The van der Waals surface area contributed by atoms with Crippen LogP contribution >= 0.6 is 0 Å². The normalized spacial score (nSPS) is 21.2. The van der Waals surface area contributed by atoms with E-state index in [0.717, 1.165) is 0 Å². The first-order valence-corrected chi connectivity index (χ1v) is 10.1. The number of aromatic nitrogens is 3. The lowest BCUT2D eigenvalue weighted by molar-refractivity contribution is -0.270. The van der Waals surface area contributed by atoms with Crippen molar-refractivity contribution in [3.05, 3.63) is 29.4 Å². The van der Waals surface area contributed by atoms with Crippen LogP contribution in [0.4, 0.5) is 30.7 Å². The molecular formula is C19H16F7N5O3. The molecule has 0 radical (unpaired) electrons. The van der Waals surface area contributed by atoms with Gasteiger partial charge >= 0.3 is 24.4 Å². The summed E-state index contributed by atoms with van der Waals surface area (Å²) in [7, 11) is 0. The highest BCUT2D eigenvalue weighted by atomic mass is 19.4. The van der Waals surface area contributed by atoms with E-state index in [1.165, 1.54) is 17.2 Å². The van der Waals surface area contributed by atoms with Crippen LogP contribution in [-0.4, -0.2) is 56.1 Å². The van der Waals surface area contributed by atoms with Crippen LogP contribution in [-0.2, 0) is 11.3 Å². The molecule has 1 N–H and O–H groups in total. The van der Waals surface area contributed by atoms with Gasteiger partial charge in [0.15, 0.2) is 0 Å². The lowest BCUT2D eigenvalue weighted by Gasteiger charge is -2.38. The van der Waals surface area contributed by atoms with Crippen LogP contribution in [0.25, 0.3) is 11.5 Å². The van der Waals surface area contributed by atoms with Gasteiger partial charge in [-0.05, 0) is 18.9 Å². The summed E-state index contributed by atoms with van der Waals surface area (Å²) < 4.78 is 94.8. The third-order valence-corrected chi connectivity index (χ3v) is 5.74. The zero-order valence-electron chi connectivity index (χ0n) is 17.1. The van der Waals surface area contributed by atoms with Gasteiger partial charge in [-0.2, -0.15) is 30.7 Å². The summed E-state index contributed by atoms with van der Waals surface area (Å²) in [6, 6.07) is -0.681. The van der Waals surface area contributed by atoms with Crippen LogP contribution in [0.5, 0.6) is 0 Å². The topological polar surface area (TPSA) is 101 Å². The Morgan fingerprint density at radius 1 is 1.15 bits per heavy atom. The molecule has 2 amide bonds. The highest BCUT2D eigenvalue weighted by Gasteiger charge is 2.63. The van der Waals surface area contributed by atoms with Gasteiger partial charge in [-0.15, -0.1) is 10.2 Å². The molecule has 1 saturated carbocycles. The van der Waals surface area contributed by atoms with Crippen molar-refractivity contribution < 1.29 is 44.7 Å². The van der Waals surface area contributed by atoms with Gasteiger partial charge in [0.2, 0.25) is 5.89 Å². The second kappa shape index (κ2) is 8.51. The van der Waals surface area contributed by atoms with Crippen molar-refractivity contribution in [1.82, 2.24) is 25.4 Å². The Kier molecular flexibility index (Phi) is 5.97. The fourth-order valence-corrected chi connectivity index (χ4v) is 4.06. The maximum atomic E-state index is 13.4. The first-order valence-electron chi connectivity index (χ1n) is 10.1. The van der Waals surface area contributed by atoms with E-state index in [1.807, 2.05) is 0 Å². The van der Waals surface area contributed by atoms with Crippen LogP contribution in [0.3, 0.4) is 0 Å². The average Bonchev–Trinajstić information content (AvgIpc) is 3.39. The Balaban J connectivity index is 1.54. The predicted molar refractivity (Wildman–Crippen MR) is 97.5 cm³/mol. The molecule has 0 spiro atoms. The van der Waals surface area contributed by atoms with Gasteiger partial charge in [0.1, 0.15) is 0 Å². The molecule has 3 heterocycles. The van der Waals surface area contributed by atoms with Crippen molar-refractivity contribution in [1.29, 1.82) is 0 Å². The maximum absolute atomic E-state index is 13.4. The molecule has 1 fully saturated rings. The summed E-state index contributed by atoms with van der Waals surface area (Å²) in [5.74, 6) is -9.88. The number of hydrogen-bond acceptors (Lipinski definition) is 6.